The number of carbonyl (C=O) groups is 1. The Kier molecular flexibility index (Phi) is 6.05. The summed E-state index contributed by atoms with van der Waals surface area (Å²) in [6, 6.07) is 17.1. The number of thioether (sulfide) groups is 1. The van der Waals surface area contributed by atoms with Crippen LogP contribution < -0.4 is 10.1 Å². The Bertz CT molecular complexity index is 903. The maximum Gasteiger partial charge on any atom is 0.225 e. The Morgan fingerprint density at radius 1 is 1.30 bits per heavy atom. The van der Waals surface area contributed by atoms with Gasteiger partial charge in [0.2, 0.25) is 5.91 Å². The Morgan fingerprint density at radius 3 is 2.78 bits per heavy atom. The minimum absolute atomic E-state index is 0.0435. The van der Waals surface area contributed by atoms with Gasteiger partial charge in [-0.2, -0.15) is 5.26 Å². The van der Waals surface area contributed by atoms with E-state index in [1.807, 2.05) is 37.3 Å². The molecule has 0 bridgehead atoms. The van der Waals surface area contributed by atoms with Crippen LogP contribution in [0.15, 0.2) is 59.1 Å². The van der Waals surface area contributed by atoms with Crippen molar-refractivity contribution in [1.82, 2.24) is 5.32 Å². The number of nitrogens with zero attached hydrogens (tertiary/aromatic N) is 1. The lowest BCUT2D eigenvalue weighted by atomic mass is 9.87. The average molecular weight is 380 g/mol. The lowest BCUT2D eigenvalue weighted by molar-refractivity contribution is -0.120. The van der Waals surface area contributed by atoms with Crippen LogP contribution in [0, 0.1) is 11.3 Å². The van der Waals surface area contributed by atoms with Gasteiger partial charge in [-0.05, 0) is 30.2 Å². The van der Waals surface area contributed by atoms with Crippen molar-refractivity contribution in [3.63, 3.8) is 0 Å². The number of carbonyl (C=O) groups excluding carboxylic acids is 1. The van der Waals surface area contributed by atoms with E-state index in [0.29, 0.717) is 28.7 Å². The summed E-state index contributed by atoms with van der Waals surface area (Å²) < 4.78 is 5.44. The quantitative estimate of drug-likeness (QED) is 0.790. The molecule has 138 valence electrons. The molecule has 1 atom stereocenters. The van der Waals surface area contributed by atoms with Gasteiger partial charge in [0.05, 0.1) is 23.3 Å². The topological polar surface area (TPSA) is 82.3 Å². The van der Waals surface area contributed by atoms with Crippen molar-refractivity contribution in [1.29, 1.82) is 5.26 Å². The number of phenols is 1. The summed E-state index contributed by atoms with van der Waals surface area (Å²) in [5, 5.41) is 23.1. The Hall–Kier alpha value is -2.91. The van der Waals surface area contributed by atoms with Crippen molar-refractivity contribution in [2.75, 3.05) is 6.61 Å². The van der Waals surface area contributed by atoms with Crippen molar-refractivity contribution < 1.29 is 14.6 Å². The summed E-state index contributed by atoms with van der Waals surface area (Å²) in [5.74, 6) is 0.579. The molecule has 6 heteroatoms. The van der Waals surface area contributed by atoms with Gasteiger partial charge < -0.3 is 15.2 Å². The molecule has 3 rings (SSSR count). The third-order valence-electron chi connectivity index (χ3n) is 4.27. The van der Waals surface area contributed by atoms with Crippen LogP contribution in [0.1, 0.15) is 30.4 Å². The number of ether oxygens (including phenoxy) is 1. The van der Waals surface area contributed by atoms with E-state index in [9.17, 15) is 15.2 Å². The van der Waals surface area contributed by atoms with E-state index in [2.05, 4.69) is 11.4 Å². The molecule has 1 unspecified atom stereocenters. The maximum absolute atomic E-state index is 12.3. The number of nitriles is 1. The molecule has 5 nitrogen and oxygen atoms in total. The van der Waals surface area contributed by atoms with Crippen molar-refractivity contribution in [2.24, 2.45) is 0 Å². The molecule has 0 aromatic heterocycles. The number of phenolic OH excluding ortho intramolecular Hbond substituents is 1. The molecule has 2 N–H and O–H groups in total. The fourth-order valence-corrected chi connectivity index (χ4v) is 4.00. The molecule has 1 aliphatic heterocycles. The lowest BCUT2D eigenvalue weighted by Crippen LogP contribution is -2.30. The number of nitrogens with one attached hydrogen (secondary N) is 1. The molecular formula is C21H20N2O3S. The zero-order chi connectivity index (χ0) is 19.2. The highest BCUT2D eigenvalue weighted by atomic mass is 32.2. The molecule has 0 fully saturated rings. The number of allylic oxidation sites excluding steroid dienone is 1. The largest absolute Gasteiger partial charge is 0.504 e. The first-order chi connectivity index (χ1) is 13.1. The maximum atomic E-state index is 12.3. The number of aromatic hydroxyl groups is 1. The summed E-state index contributed by atoms with van der Waals surface area (Å²) in [7, 11) is 0. The molecule has 0 aliphatic carbocycles. The van der Waals surface area contributed by atoms with Crippen LogP contribution in [0.4, 0.5) is 0 Å². The average Bonchev–Trinajstić information content (AvgIpc) is 2.68. The van der Waals surface area contributed by atoms with Crippen LogP contribution in [-0.2, 0) is 10.5 Å². The van der Waals surface area contributed by atoms with Crippen LogP contribution in [0.25, 0.3) is 0 Å². The van der Waals surface area contributed by atoms with Gasteiger partial charge in [-0.1, -0.05) is 36.4 Å². The van der Waals surface area contributed by atoms with Crippen molar-refractivity contribution in [3.05, 3.63) is 70.3 Å². The summed E-state index contributed by atoms with van der Waals surface area (Å²) in [4.78, 5) is 12.3. The SMILES string of the molecule is CCOc1cc(C2CC(=O)NC(SCc3ccccc3)=C2C#N)ccc1O. The van der Waals surface area contributed by atoms with Crippen LogP contribution in [-0.4, -0.2) is 17.6 Å². The van der Waals surface area contributed by atoms with Gasteiger partial charge in [0.25, 0.3) is 0 Å². The van der Waals surface area contributed by atoms with Crippen LogP contribution in [0.2, 0.25) is 0 Å². The van der Waals surface area contributed by atoms with Gasteiger partial charge in [-0.15, -0.1) is 11.8 Å². The predicted molar refractivity (Wildman–Crippen MR) is 105 cm³/mol. The molecule has 0 spiro atoms. The zero-order valence-corrected chi connectivity index (χ0v) is 15.8. The van der Waals surface area contributed by atoms with Crippen LogP contribution in [0.5, 0.6) is 11.5 Å². The summed E-state index contributed by atoms with van der Waals surface area (Å²) in [6.07, 6.45) is 0.189. The monoisotopic (exact) mass is 380 g/mol. The van der Waals surface area contributed by atoms with Gasteiger partial charge >= 0.3 is 0 Å². The minimum atomic E-state index is -0.359. The summed E-state index contributed by atoms with van der Waals surface area (Å²) >= 11 is 1.45. The fourth-order valence-electron chi connectivity index (χ4n) is 2.97. The van der Waals surface area contributed by atoms with E-state index in [1.165, 1.54) is 11.8 Å². The third-order valence-corrected chi connectivity index (χ3v) is 5.36. The predicted octanol–water partition coefficient (Wildman–Crippen LogP) is 4.06. The smallest absolute Gasteiger partial charge is 0.225 e. The molecule has 27 heavy (non-hydrogen) atoms. The van der Waals surface area contributed by atoms with Crippen LogP contribution >= 0.6 is 11.8 Å². The number of benzene rings is 2. The molecule has 2 aromatic rings. The summed E-state index contributed by atoms with van der Waals surface area (Å²) in [6.45, 7) is 2.25. The van der Waals surface area contributed by atoms with Gasteiger partial charge in [0.15, 0.2) is 11.5 Å². The lowest BCUT2D eigenvalue weighted by Gasteiger charge is -2.25. The van der Waals surface area contributed by atoms with Crippen molar-refractivity contribution in [3.8, 4) is 17.6 Å². The van der Waals surface area contributed by atoms with Gasteiger partial charge in [-0.25, -0.2) is 0 Å². The molecule has 1 heterocycles. The zero-order valence-electron chi connectivity index (χ0n) is 14.9. The number of amides is 1. The van der Waals surface area contributed by atoms with Gasteiger partial charge in [0, 0.05) is 18.1 Å². The second-order valence-electron chi connectivity index (χ2n) is 6.09. The standard InChI is InChI=1S/C21H20N2O3S/c1-2-26-19-10-15(8-9-18(19)24)16-11-20(25)23-21(17(16)12-22)27-13-14-6-4-3-5-7-14/h3-10,16,24H,2,11,13H2,1H3,(H,23,25). The van der Waals surface area contributed by atoms with E-state index in [0.717, 1.165) is 11.1 Å². The normalized spacial score (nSPS) is 16.6. The van der Waals surface area contributed by atoms with E-state index in [-0.39, 0.29) is 24.0 Å². The van der Waals surface area contributed by atoms with Crippen molar-refractivity contribution >= 4 is 17.7 Å². The molecule has 0 radical (unpaired) electrons. The first-order valence-corrected chi connectivity index (χ1v) is 9.67. The van der Waals surface area contributed by atoms with E-state index < -0.39 is 0 Å². The van der Waals surface area contributed by atoms with Crippen LogP contribution in [0.3, 0.4) is 0 Å². The fraction of sp³-hybridized carbons (Fsp3) is 0.238. The van der Waals surface area contributed by atoms with E-state index in [1.54, 1.807) is 18.2 Å². The second kappa shape index (κ2) is 8.65. The number of rotatable bonds is 6. The first kappa shape index (κ1) is 18.9. The highest BCUT2D eigenvalue weighted by molar-refractivity contribution is 8.02. The Balaban J connectivity index is 1.91. The van der Waals surface area contributed by atoms with E-state index in [4.69, 9.17) is 4.74 Å². The van der Waals surface area contributed by atoms with Gasteiger partial charge in [0.1, 0.15) is 0 Å². The molecule has 0 saturated carbocycles. The number of hydrogen-bond acceptors (Lipinski definition) is 5. The second-order valence-corrected chi connectivity index (χ2v) is 7.08. The molecule has 1 amide bonds. The number of hydrogen-bond donors (Lipinski definition) is 2. The Labute approximate surface area is 162 Å². The highest BCUT2D eigenvalue weighted by Gasteiger charge is 2.30. The van der Waals surface area contributed by atoms with Crippen molar-refractivity contribution in [2.45, 2.75) is 25.0 Å². The first-order valence-electron chi connectivity index (χ1n) is 8.69. The highest BCUT2D eigenvalue weighted by Crippen LogP contribution is 2.39. The van der Waals surface area contributed by atoms with Gasteiger partial charge in [-0.3, -0.25) is 4.79 Å². The van der Waals surface area contributed by atoms with E-state index >= 15 is 0 Å². The third kappa shape index (κ3) is 4.44. The molecule has 1 aliphatic rings. The molecular weight excluding hydrogens is 360 g/mol. The summed E-state index contributed by atoms with van der Waals surface area (Å²) in [5.41, 5.74) is 2.43. The Morgan fingerprint density at radius 2 is 2.07 bits per heavy atom. The molecule has 2 aromatic carbocycles. The minimum Gasteiger partial charge on any atom is -0.504 e. The molecule has 0 saturated heterocycles.